The number of methoxy groups -OCH3 is 1. The first-order chi connectivity index (χ1) is 16.5. The summed E-state index contributed by atoms with van der Waals surface area (Å²) in [6, 6.07) is 16.8. The van der Waals surface area contributed by atoms with Gasteiger partial charge in [0.05, 0.1) is 18.5 Å². The van der Waals surface area contributed by atoms with E-state index in [4.69, 9.17) is 28.6 Å². The van der Waals surface area contributed by atoms with Crippen molar-refractivity contribution in [2.75, 3.05) is 7.11 Å². The molecule has 5 rings (SSSR count). The van der Waals surface area contributed by atoms with Gasteiger partial charge >= 0.3 is 0 Å². The quantitative estimate of drug-likeness (QED) is 0.291. The van der Waals surface area contributed by atoms with Gasteiger partial charge in [-0.3, -0.25) is 4.40 Å². The molecule has 0 fully saturated rings. The van der Waals surface area contributed by atoms with E-state index in [1.54, 1.807) is 7.11 Å². The third kappa shape index (κ3) is 4.01. The summed E-state index contributed by atoms with van der Waals surface area (Å²) < 4.78 is 10.2. The number of halogens is 1. The van der Waals surface area contributed by atoms with Gasteiger partial charge < -0.3 is 14.6 Å². The van der Waals surface area contributed by atoms with Crippen LogP contribution in [0.1, 0.15) is 44.4 Å². The van der Waals surface area contributed by atoms with E-state index in [-0.39, 0.29) is 0 Å². The molecule has 6 heteroatoms. The molecule has 4 nitrogen and oxygen atoms in total. The van der Waals surface area contributed by atoms with Crippen LogP contribution in [-0.2, 0) is 13.0 Å². The van der Waals surface area contributed by atoms with E-state index < -0.39 is 0 Å². The summed E-state index contributed by atoms with van der Waals surface area (Å²) in [5, 5.41) is 4.33. The maximum atomic E-state index is 6.19. The number of hydrogen-bond donors (Lipinski definition) is 1. The SMILES string of the molecule is CC[C@H](C)NC(=S)c1c(-c2ccc(OC)cc2)c2c3n(c(-c4ccc(Cl)cc4)cn13)CCCC2. The van der Waals surface area contributed by atoms with Crippen LogP contribution >= 0.6 is 23.8 Å². The van der Waals surface area contributed by atoms with Gasteiger partial charge in [0.15, 0.2) is 0 Å². The van der Waals surface area contributed by atoms with Crippen LogP contribution < -0.4 is 10.1 Å². The number of rotatable bonds is 6. The number of ether oxygens (including phenoxy) is 1. The summed E-state index contributed by atoms with van der Waals surface area (Å²) in [5.74, 6) is 0.856. The van der Waals surface area contributed by atoms with Crippen molar-refractivity contribution < 1.29 is 4.74 Å². The Hall–Kier alpha value is -2.76. The highest BCUT2D eigenvalue weighted by Crippen LogP contribution is 2.40. The van der Waals surface area contributed by atoms with Crippen LogP contribution in [0.25, 0.3) is 28.0 Å². The monoisotopic (exact) mass is 491 g/mol. The molecule has 1 aliphatic rings. The molecule has 4 aromatic rings. The minimum absolute atomic E-state index is 0.302. The molecule has 0 spiro atoms. The fraction of sp³-hybridized carbons (Fsp3) is 0.321. The Labute approximate surface area is 211 Å². The predicted octanol–water partition coefficient (Wildman–Crippen LogP) is 7.14. The Bertz CT molecular complexity index is 1340. The Morgan fingerprint density at radius 1 is 1.09 bits per heavy atom. The molecule has 34 heavy (non-hydrogen) atoms. The first-order valence-corrected chi connectivity index (χ1v) is 12.8. The van der Waals surface area contributed by atoms with Crippen LogP contribution in [-0.4, -0.2) is 27.1 Å². The number of aryl methyl sites for hydroxylation is 2. The molecule has 2 aromatic heterocycles. The maximum absolute atomic E-state index is 6.19. The van der Waals surface area contributed by atoms with Crippen LogP contribution in [0.2, 0.25) is 5.02 Å². The van der Waals surface area contributed by atoms with Crippen molar-refractivity contribution >= 4 is 34.5 Å². The molecule has 0 bridgehead atoms. The molecule has 2 aromatic carbocycles. The lowest BCUT2D eigenvalue weighted by molar-refractivity contribution is 0.415. The van der Waals surface area contributed by atoms with Crippen LogP contribution in [0.5, 0.6) is 5.75 Å². The standard InChI is InChI=1S/C28H30ClN3OS/c1-4-18(2)30-27(34)26-25(20-10-14-22(33-3)15-11-20)23-7-5-6-16-31-24(17-32(26)28(23)31)19-8-12-21(29)13-9-19/h8-15,17-18H,4-7,16H2,1-3H3,(H,30,34)/t18-/m0/s1. The zero-order valence-electron chi connectivity index (χ0n) is 19.9. The second kappa shape index (κ2) is 9.47. The van der Waals surface area contributed by atoms with Crippen molar-refractivity contribution in [3.63, 3.8) is 0 Å². The number of benzene rings is 2. The van der Waals surface area contributed by atoms with E-state index in [9.17, 15) is 0 Å². The number of thiocarbonyl (C=S) groups is 1. The topological polar surface area (TPSA) is 30.6 Å². The average molecular weight is 492 g/mol. The van der Waals surface area contributed by atoms with Crippen LogP contribution in [0.15, 0.2) is 54.7 Å². The second-order valence-corrected chi connectivity index (χ2v) is 9.88. The zero-order valence-corrected chi connectivity index (χ0v) is 21.5. The summed E-state index contributed by atoms with van der Waals surface area (Å²) in [7, 11) is 1.70. The summed E-state index contributed by atoms with van der Waals surface area (Å²) in [6.45, 7) is 5.34. The highest BCUT2D eigenvalue weighted by Gasteiger charge is 2.28. The molecule has 0 saturated carbocycles. The highest BCUT2D eigenvalue weighted by atomic mass is 35.5. The third-order valence-corrected chi connectivity index (χ3v) is 7.42. The molecule has 1 N–H and O–H groups in total. The van der Waals surface area contributed by atoms with E-state index in [2.05, 4.69) is 58.6 Å². The van der Waals surface area contributed by atoms with Gasteiger partial charge in [-0.15, -0.1) is 0 Å². The fourth-order valence-electron chi connectivity index (χ4n) is 4.92. The summed E-state index contributed by atoms with van der Waals surface area (Å²) in [6.07, 6.45) is 6.58. The molecule has 0 saturated heterocycles. The van der Waals surface area contributed by atoms with Gasteiger partial charge in [-0.25, -0.2) is 0 Å². The molecule has 0 aliphatic carbocycles. The smallest absolute Gasteiger partial charge is 0.124 e. The van der Waals surface area contributed by atoms with Crippen molar-refractivity contribution in [1.29, 1.82) is 0 Å². The molecule has 3 heterocycles. The lowest BCUT2D eigenvalue weighted by atomic mass is 9.97. The van der Waals surface area contributed by atoms with Gasteiger partial charge in [0.1, 0.15) is 16.4 Å². The van der Waals surface area contributed by atoms with E-state index in [1.165, 1.54) is 33.6 Å². The van der Waals surface area contributed by atoms with Gasteiger partial charge in [0.2, 0.25) is 0 Å². The zero-order chi connectivity index (χ0) is 23.8. The van der Waals surface area contributed by atoms with Gasteiger partial charge in [-0.1, -0.05) is 55.0 Å². The van der Waals surface area contributed by atoms with E-state index in [0.29, 0.717) is 6.04 Å². The van der Waals surface area contributed by atoms with Crippen molar-refractivity contribution in [2.45, 2.75) is 52.1 Å². The highest BCUT2D eigenvalue weighted by molar-refractivity contribution is 7.80. The number of imidazole rings is 1. The molecule has 0 radical (unpaired) electrons. The molecule has 176 valence electrons. The minimum atomic E-state index is 0.302. The summed E-state index contributed by atoms with van der Waals surface area (Å²) in [4.78, 5) is 0.793. The van der Waals surface area contributed by atoms with Crippen molar-refractivity contribution in [1.82, 2.24) is 14.3 Å². The van der Waals surface area contributed by atoms with Crippen molar-refractivity contribution in [3.8, 4) is 28.1 Å². The fourth-order valence-corrected chi connectivity index (χ4v) is 5.45. The molecule has 1 aliphatic heterocycles. The molecular formula is C28H30ClN3OS. The van der Waals surface area contributed by atoms with Crippen LogP contribution in [0, 0.1) is 0 Å². The van der Waals surface area contributed by atoms with Gasteiger partial charge in [-0.2, -0.15) is 0 Å². The summed E-state index contributed by atoms with van der Waals surface area (Å²) >= 11 is 12.2. The third-order valence-electron chi connectivity index (χ3n) is 6.86. The normalized spacial score (nSPS) is 14.1. The Balaban J connectivity index is 1.78. The van der Waals surface area contributed by atoms with Gasteiger partial charge in [0, 0.05) is 34.9 Å². The number of hydrogen-bond acceptors (Lipinski definition) is 2. The number of nitrogens with zero attached hydrogens (tertiary/aromatic N) is 2. The first-order valence-electron chi connectivity index (χ1n) is 12.0. The van der Waals surface area contributed by atoms with E-state index >= 15 is 0 Å². The molecule has 0 amide bonds. The van der Waals surface area contributed by atoms with Gasteiger partial charge in [-0.05, 0) is 68.0 Å². The Kier molecular flexibility index (Phi) is 6.41. The average Bonchev–Trinajstić information content (AvgIpc) is 3.27. The molecule has 1 atom stereocenters. The van der Waals surface area contributed by atoms with Crippen LogP contribution in [0.3, 0.4) is 0 Å². The lowest BCUT2D eigenvalue weighted by Crippen LogP contribution is -2.32. The number of nitrogens with one attached hydrogen (secondary N) is 1. The molecular weight excluding hydrogens is 462 g/mol. The van der Waals surface area contributed by atoms with Crippen molar-refractivity contribution in [3.05, 3.63) is 71.0 Å². The second-order valence-electron chi connectivity index (χ2n) is 9.04. The van der Waals surface area contributed by atoms with E-state index in [0.717, 1.165) is 53.7 Å². The largest absolute Gasteiger partial charge is 0.497 e. The van der Waals surface area contributed by atoms with Gasteiger partial charge in [0.25, 0.3) is 0 Å². The first kappa shape index (κ1) is 23.0. The maximum Gasteiger partial charge on any atom is 0.124 e. The van der Waals surface area contributed by atoms with Crippen molar-refractivity contribution in [2.24, 2.45) is 0 Å². The predicted molar refractivity (Wildman–Crippen MR) is 145 cm³/mol. The number of aromatic nitrogens is 2. The summed E-state index contributed by atoms with van der Waals surface area (Å²) in [5.41, 5.74) is 8.45. The molecule has 0 unspecified atom stereocenters. The lowest BCUT2D eigenvalue weighted by Gasteiger charge is -2.16. The van der Waals surface area contributed by atoms with Crippen LogP contribution in [0.4, 0.5) is 0 Å². The Morgan fingerprint density at radius 3 is 2.47 bits per heavy atom. The minimum Gasteiger partial charge on any atom is -0.497 e. The Morgan fingerprint density at radius 2 is 1.79 bits per heavy atom. The van der Waals surface area contributed by atoms with E-state index in [1.807, 2.05) is 24.3 Å².